The standard InChI is InChI=1S/C20H11BrO4/c21-15-8-6-13(7-9-15)17-11-14-10-16(12-4-2-1-3-5-12)24-19(22)18(14)20(23)25-17/h1-11H. The highest BCUT2D eigenvalue weighted by Gasteiger charge is 2.13. The summed E-state index contributed by atoms with van der Waals surface area (Å²) in [5.74, 6) is 0.806. The number of benzene rings is 2. The molecule has 0 aliphatic carbocycles. The van der Waals surface area contributed by atoms with Crippen LogP contribution in [0.25, 0.3) is 33.4 Å². The largest absolute Gasteiger partial charge is 0.422 e. The maximum absolute atomic E-state index is 12.3. The minimum absolute atomic E-state index is 0.0828. The molecule has 122 valence electrons. The second-order valence-electron chi connectivity index (χ2n) is 5.50. The molecule has 4 rings (SSSR count). The Morgan fingerprint density at radius 3 is 1.76 bits per heavy atom. The fraction of sp³-hybridized carbons (Fsp3) is 0. The molecule has 0 radical (unpaired) electrons. The SMILES string of the molecule is O=c1oc(-c2ccccc2)cc2cc(-c3ccc(Br)cc3)oc(=O)c12. The molecular formula is C20H11BrO4. The normalized spacial score (nSPS) is 10.9. The molecule has 0 spiro atoms. The Kier molecular flexibility index (Phi) is 3.86. The van der Waals surface area contributed by atoms with E-state index in [2.05, 4.69) is 15.9 Å². The molecular weight excluding hydrogens is 384 g/mol. The maximum atomic E-state index is 12.3. The first-order valence-electron chi connectivity index (χ1n) is 7.55. The van der Waals surface area contributed by atoms with Gasteiger partial charge in [-0.15, -0.1) is 0 Å². The van der Waals surface area contributed by atoms with Crippen molar-refractivity contribution in [1.82, 2.24) is 0 Å². The lowest BCUT2D eigenvalue weighted by Crippen LogP contribution is -2.12. The number of fused-ring (bicyclic) bond motifs is 1. The first-order chi connectivity index (χ1) is 12.1. The molecule has 0 saturated heterocycles. The van der Waals surface area contributed by atoms with Crippen LogP contribution in [0.4, 0.5) is 0 Å². The summed E-state index contributed by atoms with van der Waals surface area (Å²) < 4.78 is 11.5. The van der Waals surface area contributed by atoms with Gasteiger partial charge >= 0.3 is 11.3 Å². The Morgan fingerprint density at radius 2 is 1.20 bits per heavy atom. The molecule has 0 N–H and O–H groups in total. The fourth-order valence-corrected chi connectivity index (χ4v) is 2.91. The molecule has 2 heterocycles. The zero-order valence-electron chi connectivity index (χ0n) is 12.9. The molecule has 0 aliphatic heterocycles. The molecule has 0 saturated carbocycles. The lowest BCUT2D eigenvalue weighted by Gasteiger charge is -2.04. The van der Waals surface area contributed by atoms with E-state index in [1.165, 1.54) is 0 Å². The van der Waals surface area contributed by atoms with Crippen molar-refractivity contribution >= 4 is 26.7 Å². The Labute approximate surface area is 150 Å². The average molecular weight is 395 g/mol. The summed E-state index contributed by atoms with van der Waals surface area (Å²) in [6, 6.07) is 20.0. The van der Waals surface area contributed by atoms with Gasteiger partial charge in [-0.1, -0.05) is 58.4 Å². The van der Waals surface area contributed by atoms with E-state index in [0.29, 0.717) is 16.9 Å². The van der Waals surface area contributed by atoms with E-state index in [4.69, 9.17) is 8.83 Å². The first-order valence-corrected chi connectivity index (χ1v) is 8.34. The van der Waals surface area contributed by atoms with Crippen LogP contribution >= 0.6 is 15.9 Å². The van der Waals surface area contributed by atoms with Gasteiger partial charge in [0.2, 0.25) is 0 Å². The van der Waals surface area contributed by atoms with E-state index in [9.17, 15) is 9.59 Å². The molecule has 0 fully saturated rings. The molecule has 0 aliphatic rings. The highest BCUT2D eigenvalue weighted by atomic mass is 79.9. The van der Waals surface area contributed by atoms with E-state index in [0.717, 1.165) is 15.6 Å². The Bertz CT molecular complexity index is 1170. The van der Waals surface area contributed by atoms with Gasteiger partial charge in [0, 0.05) is 21.0 Å². The molecule has 4 aromatic rings. The molecule has 0 unspecified atom stereocenters. The van der Waals surface area contributed by atoms with Gasteiger partial charge in [-0.25, -0.2) is 9.59 Å². The Balaban J connectivity index is 1.96. The topological polar surface area (TPSA) is 60.4 Å². The van der Waals surface area contributed by atoms with Crippen molar-refractivity contribution in [2.45, 2.75) is 0 Å². The van der Waals surface area contributed by atoms with Crippen molar-refractivity contribution < 1.29 is 8.83 Å². The van der Waals surface area contributed by atoms with Crippen LogP contribution in [0, 0.1) is 0 Å². The van der Waals surface area contributed by atoms with Crippen molar-refractivity contribution in [2.75, 3.05) is 0 Å². The van der Waals surface area contributed by atoms with Gasteiger partial charge in [-0.2, -0.15) is 0 Å². The predicted octanol–water partition coefficient (Wildman–Crippen LogP) is 4.84. The van der Waals surface area contributed by atoms with Crippen molar-refractivity contribution in [3.63, 3.8) is 0 Å². The van der Waals surface area contributed by atoms with Crippen LogP contribution < -0.4 is 11.3 Å². The minimum atomic E-state index is -0.705. The third kappa shape index (κ3) is 2.94. The second-order valence-corrected chi connectivity index (χ2v) is 6.42. The lowest BCUT2D eigenvalue weighted by molar-refractivity contribution is 0.512. The monoisotopic (exact) mass is 394 g/mol. The number of hydrogen-bond donors (Lipinski definition) is 0. The summed E-state index contributed by atoms with van der Waals surface area (Å²) in [7, 11) is 0. The first kappa shape index (κ1) is 15.6. The molecule has 5 heteroatoms. The molecule has 0 amide bonds. The van der Waals surface area contributed by atoms with E-state index in [-0.39, 0.29) is 5.39 Å². The second kappa shape index (κ2) is 6.18. The van der Waals surface area contributed by atoms with Crippen LogP contribution in [0.5, 0.6) is 0 Å². The van der Waals surface area contributed by atoms with Crippen molar-refractivity contribution in [2.24, 2.45) is 0 Å². The summed E-state index contributed by atoms with van der Waals surface area (Å²) in [4.78, 5) is 24.5. The number of halogens is 1. The lowest BCUT2D eigenvalue weighted by atomic mass is 10.1. The third-order valence-electron chi connectivity index (χ3n) is 3.86. The summed E-state index contributed by atoms with van der Waals surface area (Å²) >= 11 is 3.37. The van der Waals surface area contributed by atoms with Crippen molar-refractivity contribution in [3.05, 3.63) is 92.0 Å². The number of rotatable bonds is 2. The molecule has 4 nitrogen and oxygen atoms in total. The van der Waals surface area contributed by atoms with Crippen LogP contribution in [-0.2, 0) is 0 Å². The molecule has 0 atom stereocenters. The zero-order valence-corrected chi connectivity index (χ0v) is 14.4. The predicted molar refractivity (Wildman–Crippen MR) is 99.6 cm³/mol. The van der Waals surface area contributed by atoms with Crippen molar-refractivity contribution in [1.29, 1.82) is 0 Å². The van der Waals surface area contributed by atoms with E-state index in [1.54, 1.807) is 12.1 Å². The quantitative estimate of drug-likeness (QED) is 0.487. The molecule has 2 aromatic heterocycles. The van der Waals surface area contributed by atoms with Crippen molar-refractivity contribution in [3.8, 4) is 22.6 Å². The van der Waals surface area contributed by atoms with Gasteiger partial charge in [-0.05, 0) is 24.3 Å². The van der Waals surface area contributed by atoms with E-state index < -0.39 is 11.3 Å². The van der Waals surface area contributed by atoms with Crippen LogP contribution in [0.15, 0.2) is 89.6 Å². The highest BCUT2D eigenvalue weighted by molar-refractivity contribution is 9.10. The van der Waals surface area contributed by atoms with Crippen LogP contribution in [0.3, 0.4) is 0 Å². The fourth-order valence-electron chi connectivity index (χ4n) is 2.65. The highest BCUT2D eigenvalue weighted by Crippen LogP contribution is 2.25. The van der Waals surface area contributed by atoms with Crippen LogP contribution in [-0.4, -0.2) is 0 Å². The summed E-state index contributed by atoms with van der Waals surface area (Å²) in [6.07, 6.45) is 0. The number of hydrogen-bond acceptors (Lipinski definition) is 4. The average Bonchev–Trinajstić information content (AvgIpc) is 2.62. The molecule has 2 aromatic carbocycles. The van der Waals surface area contributed by atoms with Crippen LogP contribution in [0.2, 0.25) is 0 Å². The maximum Gasteiger partial charge on any atom is 0.351 e. The summed E-state index contributed by atoms with van der Waals surface area (Å²) in [5.41, 5.74) is 0.105. The summed E-state index contributed by atoms with van der Waals surface area (Å²) in [5, 5.41) is 0.407. The Hall–Kier alpha value is -2.92. The van der Waals surface area contributed by atoms with Gasteiger partial charge in [0.05, 0.1) is 0 Å². The smallest absolute Gasteiger partial charge is 0.351 e. The molecule has 0 bridgehead atoms. The van der Waals surface area contributed by atoms with Gasteiger partial charge in [-0.3, -0.25) is 0 Å². The van der Waals surface area contributed by atoms with Gasteiger partial charge in [0.15, 0.2) is 5.39 Å². The van der Waals surface area contributed by atoms with Crippen LogP contribution in [0.1, 0.15) is 0 Å². The Morgan fingerprint density at radius 1 is 0.680 bits per heavy atom. The van der Waals surface area contributed by atoms with E-state index >= 15 is 0 Å². The summed E-state index contributed by atoms with van der Waals surface area (Å²) in [6.45, 7) is 0. The zero-order chi connectivity index (χ0) is 17.4. The van der Waals surface area contributed by atoms with Gasteiger partial charge in [0.25, 0.3) is 0 Å². The molecule has 25 heavy (non-hydrogen) atoms. The van der Waals surface area contributed by atoms with E-state index in [1.807, 2.05) is 54.6 Å². The van der Waals surface area contributed by atoms with Gasteiger partial charge < -0.3 is 8.83 Å². The minimum Gasteiger partial charge on any atom is -0.422 e. The van der Waals surface area contributed by atoms with Gasteiger partial charge in [0.1, 0.15) is 11.5 Å². The third-order valence-corrected chi connectivity index (χ3v) is 4.39.